The Morgan fingerprint density at radius 1 is 1.00 bits per heavy atom. The molecule has 1 aliphatic rings. The highest BCUT2D eigenvalue weighted by molar-refractivity contribution is 6.67. The summed E-state index contributed by atoms with van der Waals surface area (Å²) in [6.07, 6.45) is 0. The molecule has 0 amide bonds. The van der Waals surface area contributed by atoms with Gasteiger partial charge >= 0.3 is 0 Å². The van der Waals surface area contributed by atoms with Crippen molar-refractivity contribution in [1.82, 2.24) is 0 Å². The summed E-state index contributed by atoms with van der Waals surface area (Å²) in [7, 11) is 0. The Hall–Kier alpha value is -1.60. The maximum Gasteiger partial charge on any atom is 0.252 e. The molecule has 0 radical (unpaired) electrons. The van der Waals surface area contributed by atoms with Crippen molar-refractivity contribution < 1.29 is 4.79 Å². The molecule has 2 heteroatoms. The van der Waals surface area contributed by atoms with E-state index in [1.807, 2.05) is 18.2 Å². The van der Waals surface area contributed by atoms with Gasteiger partial charge in [0.05, 0.1) is 0 Å². The topological polar surface area (TPSA) is 17.1 Å². The SMILES string of the molecule is CC1(C)c2ccccc2-c2ccc(C(=O)Cl)cc21. The van der Waals surface area contributed by atoms with Crippen molar-refractivity contribution >= 4 is 16.8 Å². The van der Waals surface area contributed by atoms with E-state index in [1.54, 1.807) is 6.07 Å². The van der Waals surface area contributed by atoms with Gasteiger partial charge in [-0.05, 0) is 46.0 Å². The van der Waals surface area contributed by atoms with Gasteiger partial charge in [0.1, 0.15) is 0 Å². The smallest absolute Gasteiger partial charge is 0.252 e. The molecule has 2 aromatic carbocycles. The average molecular weight is 257 g/mol. The minimum absolute atomic E-state index is 0.0751. The molecular weight excluding hydrogens is 244 g/mol. The predicted octanol–water partition coefficient (Wildman–Crippen LogP) is 4.37. The maximum absolute atomic E-state index is 11.3. The van der Waals surface area contributed by atoms with E-state index in [-0.39, 0.29) is 5.41 Å². The van der Waals surface area contributed by atoms with Crippen LogP contribution in [0.4, 0.5) is 0 Å². The summed E-state index contributed by atoms with van der Waals surface area (Å²) >= 11 is 5.57. The Balaban J connectivity index is 2.31. The largest absolute Gasteiger partial charge is 0.276 e. The Bertz CT molecular complexity index is 656. The van der Waals surface area contributed by atoms with Gasteiger partial charge in [0, 0.05) is 11.0 Å². The van der Waals surface area contributed by atoms with Crippen LogP contribution in [0, 0.1) is 0 Å². The standard InChI is InChI=1S/C16H13ClO/c1-16(2)13-6-4-3-5-11(13)12-8-7-10(15(17)18)9-14(12)16/h3-9H,1-2H3. The van der Waals surface area contributed by atoms with Gasteiger partial charge in [-0.1, -0.05) is 44.2 Å². The van der Waals surface area contributed by atoms with E-state index in [4.69, 9.17) is 11.6 Å². The van der Waals surface area contributed by atoms with E-state index in [9.17, 15) is 4.79 Å². The normalized spacial score (nSPS) is 15.1. The minimum Gasteiger partial charge on any atom is -0.276 e. The quantitative estimate of drug-likeness (QED) is 0.693. The molecule has 0 aromatic heterocycles. The van der Waals surface area contributed by atoms with Gasteiger partial charge in [-0.25, -0.2) is 0 Å². The molecule has 0 fully saturated rings. The van der Waals surface area contributed by atoms with E-state index in [0.717, 1.165) is 0 Å². The lowest BCUT2D eigenvalue weighted by Crippen LogP contribution is -2.15. The lowest BCUT2D eigenvalue weighted by Gasteiger charge is -2.21. The second-order valence-corrected chi connectivity index (χ2v) is 5.55. The van der Waals surface area contributed by atoms with Gasteiger partial charge in [0.2, 0.25) is 0 Å². The van der Waals surface area contributed by atoms with Crippen LogP contribution in [0.3, 0.4) is 0 Å². The van der Waals surface area contributed by atoms with Gasteiger partial charge in [0.25, 0.3) is 5.24 Å². The fourth-order valence-electron chi connectivity index (χ4n) is 2.83. The van der Waals surface area contributed by atoms with Gasteiger partial charge in [-0.3, -0.25) is 4.79 Å². The molecule has 1 aliphatic carbocycles. The van der Waals surface area contributed by atoms with Crippen LogP contribution in [-0.2, 0) is 5.41 Å². The van der Waals surface area contributed by atoms with Gasteiger partial charge in [0.15, 0.2) is 0 Å². The molecule has 0 unspecified atom stereocenters. The molecule has 0 saturated carbocycles. The van der Waals surface area contributed by atoms with Crippen LogP contribution < -0.4 is 0 Å². The lowest BCUT2D eigenvalue weighted by molar-refractivity contribution is 0.108. The van der Waals surface area contributed by atoms with Gasteiger partial charge in [-0.2, -0.15) is 0 Å². The van der Waals surface area contributed by atoms with E-state index >= 15 is 0 Å². The summed E-state index contributed by atoms with van der Waals surface area (Å²) in [5, 5.41) is -0.399. The third-order valence-corrected chi connectivity index (χ3v) is 4.03. The van der Waals surface area contributed by atoms with E-state index < -0.39 is 5.24 Å². The van der Waals surface area contributed by atoms with Gasteiger partial charge < -0.3 is 0 Å². The monoisotopic (exact) mass is 256 g/mol. The van der Waals surface area contributed by atoms with Crippen molar-refractivity contribution in [3.05, 3.63) is 59.2 Å². The molecule has 0 aliphatic heterocycles. The maximum atomic E-state index is 11.3. The molecule has 0 bridgehead atoms. The molecule has 0 saturated heterocycles. The average Bonchev–Trinajstić information content (AvgIpc) is 2.59. The first-order valence-electron chi connectivity index (χ1n) is 5.96. The van der Waals surface area contributed by atoms with Crippen LogP contribution in [0.25, 0.3) is 11.1 Å². The summed E-state index contributed by atoms with van der Waals surface area (Å²) in [4.78, 5) is 11.3. The fraction of sp³-hybridized carbons (Fsp3) is 0.188. The van der Waals surface area contributed by atoms with Crippen LogP contribution >= 0.6 is 11.6 Å². The summed E-state index contributed by atoms with van der Waals surface area (Å²) < 4.78 is 0. The first kappa shape index (κ1) is 11.5. The zero-order valence-corrected chi connectivity index (χ0v) is 11.1. The fourth-order valence-corrected chi connectivity index (χ4v) is 2.94. The highest BCUT2D eigenvalue weighted by Gasteiger charge is 2.35. The minimum atomic E-state index is -0.399. The summed E-state index contributed by atoms with van der Waals surface area (Å²) in [6, 6.07) is 14.1. The Morgan fingerprint density at radius 3 is 2.39 bits per heavy atom. The predicted molar refractivity (Wildman–Crippen MR) is 74.2 cm³/mol. The number of rotatable bonds is 1. The third-order valence-electron chi connectivity index (χ3n) is 3.81. The highest BCUT2D eigenvalue weighted by atomic mass is 35.5. The van der Waals surface area contributed by atoms with Crippen LogP contribution in [-0.4, -0.2) is 5.24 Å². The number of fused-ring (bicyclic) bond motifs is 3. The van der Waals surface area contributed by atoms with Crippen molar-refractivity contribution in [1.29, 1.82) is 0 Å². The van der Waals surface area contributed by atoms with Crippen molar-refractivity contribution in [2.75, 3.05) is 0 Å². The first-order valence-corrected chi connectivity index (χ1v) is 6.34. The highest BCUT2D eigenvalue weighted by Crippen LogP contribution is 2.48. The summed E-state index contributed by atoms with van der Waals surface area (Å²) in [5.74, 6) is 0. The van der Waals surface area contributed by atoms with Crippen LogP contribution in [0.5, 0.6) is 0 Å². The third kappa shape index (κ3) is 1.44. The second kappa shape index (κ2) is 3.69. The van der Waals surface area contributed by atoms with E-state index in [0.29, 0.717) is 5.56 Å². The lowest BCUT2D eigenvalue weighted by atomic mass is 9.82. The first-order chi connectivity index (χ1) is 8.51. The molecule has 0 spiro atoms. The summed E-state index contributed by atoms with van der Waals surface area (Å²) in [6.45, 7) is 4.36. The van der Waals surface area contributed by atoms with Gasteiger partial charge in [-0.15, -0.1) is 0 Å². The number of carbonyl (C=O) groups excluding carboxylic acids is 1. The number of halogens is 1. The molecule has 18 heavy (non-hydrogen) atoms. The van der Waals surface area contributed by atoms with Crippen LogP contribution in [0.15, 0.2) is 42.5 Å². The molecule has 90 valence electrons. The van der Waals surface area contributed by atoms with Crippen LogP contribution in [0.2, 0.25) is 0 Å². The number of hydrogen-bond acceptors (Lipinski definition) is 1. The Labute approximate surface area is 111 Å². The molecule has 3 rings (SSSR count). The van der Waals surface area contributed by atoms with E-state index in [1.165, 1.54) is 22.3 Å². The molecule has 2 aromatic rings. The Kier molecular flexibility index (Phi) is 2.36. The molecular formula is C16H13ClO. The zero-order chi connectivity index (χ0) is 12.9. The summed E-state index contributed by atoms with van der Waals surface area (Å²) in [5.41, 5.74) is 5.43. The Morgan fingerprint density at radius 2 is 1.67 bits per heavy atom. The number of hydrogen-bond donors (Lipinski definition) is 0. The van der Waals surface area contributed by atoms with Crippen molar-refractivity contribution in [2.24, 2.45) is 0 Å². The van der Waals surface area contributed by atoms with E-state index in [2.05, 4.69) is 32.0 Å². The molecule has 1 nitrogen and oxygen atoms in total. The number of benzene rings is 2. The van der Waals surface area contributed by atoms with Crippen LogP contribution in [0.1, 0.15) is 35.3 Å². The zero-order valence-electron chi connectivity index (χ0n) is 10.3. The molecule has 0 atom stereocenters. The number of carbonyl (C=O) groups is 1. The van der Waals surface area contributed by atoms with Crippen molar-refractivity contribution in [3.63, 3.8) is 0 Å². The molecule has 0 N–H and O–H groups in total. The van der Waals surface area contributed by atoms with Crippen molar-refractivity contribution in [2.45, 2.75) is 19.3 Å². The second-order valence-electron chi connectivity index (χ2n) is 5.20. The van der Waals surface area contributed by atoms with Crippen molar-refractivity contribution in [3.8, 4) is 11.1 Å². The molecule has 0 heterocycles.